The molecule has 0 saturated carbocycles. The lowest BCUT2D eigenvalue weighted by molar-refractivity contribution is -0.136. The molecule has 13 heavy (non-hydrogen) atoms. The van der Waals surface area contributed by atoms with Gasteiger partial charge in [-0.25, -0.2) is 0 Å². The number of carbonyl (C=O) groups is 1. The third-order valence-electron chi connectivity index (χ3n) is 1.49. The fraction of sp³-hybridized carbons (Fsp3) is 0.125. The lowest BCUT2D eigenvalue weighted by Gasteiger charge is -2.04. The first-order valence-electron chi connectivity index (χ1n) is 3.40. The van der Waals surface area contributed by atoms with Crippen LogP contribution < -0.4 is 0 Å². The summed E-state index contributed by atoms with van der Waals surface area (Å²) >= 11 is 11.2. The smallest absolute Gasteiger partial charge is 0.307 e. The van der Waals surface area contributed by atoms with E-state index in [1.165, 1.54) is 12.1 Å². The molecule has 0 aromatic heterocycles. The minimum Gasteiger partial charge on any atom is -0.505 e. The highest BCUT2D eigenvalue weighted by Crippen LogP contribution is 2.34. The molecule has 0 aliphatic heterocycles. The van der Waals surface area contributed by atoms with Crippen molar-refractivity contribution in [3.05, 3.63) is 27.7 Å². The Hall–Kier alpha value is -0.930. The maximum atomic E-state index is 10.3. The Morgan fingerprint density at radius 2 is 2.00 bits per heavy atom. The van der Waals surface area contributed by atoms with Crippen molar-refractivity contribution < 1.29 is 15.0 Å². The van der Waals surface area contributed by atoms with Crippen molar-refractivity contribution >= 4 is 29.2 Å². The molecule has 0 atom stereocenters. The van der Waals surface area contributed by atoms with E-state index in [0.29, 0.717) is 5.56 Å². The lowest BCUT2D eigenvalue weighted by Crippen LogP contribution is -2.00. The molecular weight excluding hydrogens is 215 g/mol. The van der Waals surface area contributed by atoms with Crippen LogP contribution in [0, 0.1) is 0 Å². The highest BCUT2D eigenvalue weighted by atomic mass is 35.5. The average Bonchev–Trinajstić information content (AvgIpc) is 2.06. The normalized spacial score (nSPS) is 10.0. The molecule has 3 nitrogen and oxygen atoms in total. The lowest BCUT2D eigenvalue weighted by atomic mass is 10.1. The molecule has 0 heterocycles. The van der Waals surface area contributed by atoms with Crippen molar-refractivity contribution in [1.82, 2.24) is 0 Å². The van der Waals surface area contributed by atoms with Crippen LogP contribution in [-0.4, -0.2) is 16.2 Å². The van der Waals surface area contributed by atoms with E-state index in [2.05, 4.69) is 0 Å². The monoisotopic (exact) mass is 220 g/mol. The molecule has 0 aliphatic rings. The Morgan fingerprint density at radius 3 is 2.54 bits per heavy atom. The number of hydrogen-bond donors (Lipinski definition) is 2. The van der Waals surface area contributed by atoms with E-state index in [1.54, 1.807) is 0 Å². The van der Waals surface area contributed by atoms with Gasteiger partial charge in [-0.3, -0.25) is 4.79 Å². The van der Waals surface area contributed by atoms with Crippen molar-refractivity contribution in [2.75, 3.05) is 0 Å². The number of carboxylic acid groups (broad SMARTS) is 1. The standard InChI is InChI=1S/C8H6Cl2O3/c9-5-2-1-4(3-6(11)12)7(10)8(5)13/h1-2,13H,3H2,(H,11,12). The molecule has 0 bridgehead atoms. The van der Waals surface area contributed by atoms with E-state index in [4.69, 9.17) is 28.3 Å². The first-order valence-corrected chi connectivity index (χ1v) is 4.15. The van der Waals surface area contributed by atoms with Crippen LogP contribution in [0.3, 0.4) is 0 Å². The minimum absolute atomic E-state index is 0.00472. The number of aromatic hydroxyl groups is 1. The SMILES string of the molecule is O=C(O)Cc1ccc(Cl)c(O)c1Cl. The summed E-state index contributed by atoms with van der Waals surface area (Å²) in [4.78, 5) is 10.3. The van der Waals surface area contributed by atoms with Crippen molar-refractivity contribution in [1.29, 1.82) is 0 Å². The van der Waals surface area contributed by atoms with Gasteiger partial charge in [0.25, 0.3) is 0 Å². The van der Waals surface area contributed by atoms with Crippen LogP contribution in [0.25, 0.3) is 0 Å². The van der Waals surface area contributed by atoms with Gasteiger partial charge in [0.05, 0.1) is 16.5 Å². The highest BCUT2D eigenvalue weighted by molar-refractivity contribution is 6.37. The molecule has 1 aromatic rings. The fourth-order valence-corrected chi connectivity index (χ4v) is 1.32. The van der Waals surface area contributed by atoms with Crippen LogP contribution in [0.1, 0.15) is 5.56 Å². The summed E-state index contributed by atoms with van der Waals surface area (Å²) in [6, 6.07) is 2.87. The third-order valence-corrected chi connectivity index (χ3v) is 2.22. The molecule has 0 spiro atoms. The number of rotatable bonds is 2. The van der Waals surface area contributed by atoms with Gasteiger partial charge in [-0.15, -0.1) is 0 Å². The molecule has 0 amide bonds. The summed E-state index contributed by atoms with van der Waals surface area (Å²) in [5.74, 6) is -1.29. The van der Waals surface area contributed by atoms with Gasteiger partial charge in [-0.05, 0) is 11.6 Å². The summed E-state index contributed by atoms with van der Waals surface area (Å²) in [6.45, 7) is 0. The van der Waals surface area contributed by atoms with E-state index in [1.807, 2.05) is 0 Å². The Bertz CT molecular complexity index is 349. The molecule has 0 fully saturated rings. The third kappa shape index (κ3) is 2.26. The zero-order valence-corrected chi connectivity index (χ0v) is 7.93. The molecule has 0 aliphatic carbocycles. The quantitative estimate of drug-likeness (QED) is 0.805. The topological polar surface area (TPSA) is 57.5 Å². The Kier molecular flexibility index (Phi) is 3.01. The van der Waals surface area contributed by atoms with Crippen LogP contribution in [0.15, 0.2) is 12.1 Å². The van der Waals surface area contributed by atoms with Gasteiger partial charge in [-0.1, -0.05) is 29.3 Å². The second kappa shape index (κ2) is 3.85. The largest absolute Gasteiger partial charge is 0.505 e. The number of phenolic OH excluding ortho intramolecular Hbond substituents is 1. The molecule has 1 aromatic carbocycles. The van der Waals surface area contributed by atoms with Gasteiger partial charge in [-0.2, -0.15) is 0 Å². The first kappa shape index (κ1) is 10.2. The van der Waals surface area contributed by atoms with Crippen LogP contribution >= 0.6 is 23.2 Å². The molecular formula is C8H6Cl2O3. The van der Waals surface area contributed by atoms with Gasteiger partial charge in [0.2, 0.25) is 0 Å². The summed E-state index contributed by atoms with van der Waals surface area (Å²) in [5.41, 5.74) is 0.344. The van der Waals surface area contributed by atoms with E-state index in [9.17, 15) is 9.90 Å². The van der Waals surface area contributed by atoms with Gasteiger partial charge in [0.1, 0.15) is 0 Å². The summed E-state index contributed by atoms with van der Waals surface area (Å²) in [6.07, 6.45) is -0.233. The number of halogens is 2. The van der Waals surface area contributed by atoms with E-state index >= 15 is 0 Å². The maximum Gasteiger partial charge on any atom is 0.307 e. The average molecular weight is 221 g/mol. The molecule has 2 N–H and O–H groups in total. The molecule has 0 saturated heterocycles. The highest BCUT2D eigenvalue weighted by Gasteiger charge is 2.11. The molecule has 1 rings (SSSR count). The number of carboxylic acids is 1. The predicted molar refractivity (Wildman–Crippen MR) is 49.5 cm³/mol. The van der Waals surface area contributed by atoms with E-state index in [-0.39, 0.29) is 22.2 Å². The number of benzene rings is 1. The summed E-state index contributed by atoms with van der Waals surface area (Å²) in [7, 11) is 0. The number of aliphatic carboxylic acids is 1. The van der Waals surface area contributed by atoms with Crippen molar-refractivity contribution in [2.45, 2.75) is 6.42 Å². The Balaban J connectivity index is 3.10. The summed E-state index contributed by atoms with van der Waals surface area (Å²) in [5, 5.41) is 17.8. The first-order chi connectivity index (χ1) is 6.02. The van der Waals surface area contributed by atoms with Crippen molar-refractivity contribution in [3.63, 3.8) is 0 Å². The van der Waals surface area contributed by atoms with Gasteiger partial charge in [0.15, 0.2) is 5.75 Å². The van der Waals surface area contributed by atoms with Gasteiger partial charge < -0.3 is 10.2 Å². The predicted octanol–water partition coefficient (Wildman–Crippen LogP) is 2.33. The zero-order chi connectivity index (χ0) is 10.0. The Morgan fingerprint density at radius 1 is 1.38 bits per heavy atom. The zero-order valence-electron chi connectivity index (χ0n) is 6.42. The van der Waals surface area contributed by atoms with Crippen LogP contribution in [-0.2, 0) is 11.2 Å². The summed E-state index contributed by atoms with van der Waals surface area (Å²) < 4.78 is 0. The second-order valence-electron chi connectivity index (χ2n) is 2.44. The van der Waals surface area contributed by atoms with Gasteiger partial charge >= 0.3 is 5.97 Å². The van der Waals surface area contributed by atoms with Crippen LogP contribution in [0.4, 0.5) is 0 Å². The molecule has 0 unspecified atom stereocenters. The molecule has 70 valence electrons. The van der Waals surface area contributed by atoms with Crippen LogP contribution in [0.2, 0.25) is 10.0 Å². The number of hydrogen-bond acceptors (Lipinski definition) is 2. The second-order valence-corrected chi connectivity index (χ2v) is 3.22. The molecule has 0 radical (unpaired) electrons. The molecule has 5 heteroatoms. The van der Waals surface area contributed by atoms with E-state index < -0.39 is 5.97 Å². The Labute approximate surface area is 84.5 Å². The van der Waals surface area contributed by atoms with Crippen LogP contribution in [0.5, 0.6) is 5.75 Å². The number of phenols is 1. The van der Waals surface area contributed by atoms with Gasteiger partial charge in [0, 0.05) is 0 Å². The minimum atomic E-state index is -1.01. The van der Waals surface area contributed by atoms with Crippen molar-refractivity contribution in [2.24, 2.45) is 0 Å². The van der Waals surface area contributed by atoms with Crippen molar-refractivity contribution in [3.8, 4) is 5.75 Å². The maximum absolute atomic E-state index is 10.3. The van der Waals surface area contributed by atoms with E-state index in [0.717, 1.165) is 0 Å². The fourth-order valence-electron chi connectivity index (χ4n) is 0.882.